The molecule has 0 radical (unpaired) electrons. The van der Waals surface area contributed by atoms with E-state index in [4.69, 9.17) is 23.8 Å². The topological polar surface area (TPSA) is 41.9 Å². The lowest BCUT2D eigenvalue weighted by atomic mass is 10.2. The van der Waals surface area contributed by atoms with Crippen LogP contribution in [0.1, 0.15) is 17.5 Å². The van der Waals surface area contributed by atoms with Gasteiger partial charge in [-0.3, -0.25) is 4.68 Å². The smallest absolute Gasteiger partial charge is 0.170 e. The molecule has 0 spiro atoms. The Kier molecular flexibility index (Phi) is 5.59. The van der Waals surface area contributed by atoms with Gasteiger partial charge in [0.2, 0.25) is 0 Å². The van der Waals surface area contributed by atoms with E-state index in [-0.39, 0.29) is 0 Å². The van der Waals surface area contributed by atoms with Crippen LogP contribution in [0.5, 0.6) is 0 Å². The fourth-order valence-electron chi connectivity index (χ4n) is 1.88. The van der Waals surface area contributed by atoms with Crippen molar-refractivity contribution in [2.45, 2.75) is 26.8 Å². The summed E-state index contributed by atoms with van der Waals surface area (Å²) < 4.78 is 1.94. The largest absolute Gasteiger partial charge is 0.362 e. The number of hydrogen-bond acceptors (Lipinski definition) is 2. The Morgan fingerprint density at radius 2 is 2.19 bits per heavy atom. The molecule has 0 atom stereocenters. The minimum Gasteiger partial charge on any atom is -0.362 e. The van der Waals surface area contributed by atoms with Gasteiger partial charge < -0.3 is 10.6 Å². The number of hydrogen-bond donors (Lipinski definition) is 2. The molecule has 2 rings (SSSR count). The molecule has 2 aromatic rings. The second-order valence-corrected chi connectivity index (χ2v) is 5.79. The molecule has 0 saturated carbocycles. The first-order chi connectivity index (χ1) is 10.0. The fourth-order valence-corrected chi connectivity index (χ4v) is 2.28. The molecule has 0 amide bonds. The average molecular weight is 323 g/mol. The lowest BCUT2D eigenvalue weighted by Gasteiger charge is -2.11. The number of aromatic nitrogens is 2. The fraction of sp³-hybridized carbons (Fsp3) is 0.333. The van der Waals surface area contributed by atoms with Gasteiger partial charge in [-0.25, -0.2) is 0 Å². The highest BCUT2D eigenvalue weighted by Crippen LogP contribution is 2.19. The highest BCUT2D eigenvalue weighted by molar-refractivity contribution is 7.80. The highest BCUT2D eigenvalue weighted by Gasteiger charge is 2.00. The first-order valence-corrected chi connectivity index (χ1v) is 7.63. The van der Waals surface area contributed by atoms with Crippen molar-refractivity contribution in [2.75, 3.05) is 11.9 Å². The van der Waals surface area contributed by atoms with E-state index in [1.807, 2.05) is 49.1 Å². The van der Waals surface area contributed by atoms with Crippen LogP contribution in [0.4, 0.5) is 5.69 Å². The van der Waals surface area contributed by atoms with Crippen LogP contribution in [0, 0.1) is 13.8 Å². The van der Waals surface area contributed by atoms with E-state index in [0.717, 1.165) is 35.8 Å². The molecule has 6 heteroatoms. The zero-order chi connectivity index (χ0) is 15.2. The van der Waals surface area contributed by atoms with Crippen LogP contribution >= 0.6 is 23.8 Å². The van der Waals surface area contributed by atoms with Crippen LogP contribution in [0.3, 0.4) is 0 Å². The van der Waals surface area contributed by atoms with Crippen molar-refractivity contribution in [3.63, 3.8) is 0 Å². The van der Waals surface area contributed by atoms with E-state index < -0.39 is 0 Å². The monoisotopic (exact) mass is 322 g/mol. The number of rotatable bonds is 5. The van der Waals surface area contributed by atoms with E-state index in [0.29, 0.717) is 5.11 Å². The van der Waals surface area contributed by atoms with Crippen molar-refractivity contribution in [2.24, 2.45) is 0 Å². The van der Waals surface area contributed by atoms with Gasteiger partial charge in [-0.1, -0.05) is 17.7 Å². The predicted octanol–water partition coefficient (Wildman–Crippen LogP) is 3.53. The minimum absolute atomic E-state index is 0.603. The van der Waals surface area contributed by atoms with Crippen molar-refractivity contribution in [1.82, 2.24) is 15.1 Å². The molecular formula is C15H19ClN4S. The second-order valence-electron chi connectivity index (χ2n) is 4.98. The maximum Gasteiger partial charge on any atom is 0.170 e. The summed E-state index contributed by atoms with van der Waals surface area (Å²) in [5, 5.41) is 11.9. The van der Waals surface area contributed by atoms with E-state index >= 15 is 0 Å². The van der Waals surface area contributed by atoms with Crippen molar-refractivity contribution < 1.29 is 0 Å². The predicted molar refractivity (Wildman–Crippen MR) is 92.0 cm³/mol. The molecule has 1 heterocycles. The number of nitrogens with zero attached hydrogens (tertiary/aromatic N) is 2. The average Bonchev–Trinajstić information content (AvgIpc) is 2.85. The minimum atomic E-state index is 0.603. The molecule has 1 aromatic carbocycles. The van der Waals surface area contributed by atoms with Crippen LogP contribution in [-0.4, -0.2) is 21.4 Å². The third-order valence-electron chi connectivity index (χ3n) is 3.04. The SMILES string of the molecule is Cc1cnn(CCCNC(=S)Nc2ccc(C)c(Cl)c2)c1. The van der Waals surface area contributed by atoms with Crippen molar-refractivity contribution in [1.29, 1.82) is 0 Å². The maximum atomic E-state index is 6.08. The molecule has 4 nitrogen and oxygen atoms in total. The summed E-state index contributed by atoms with van der Waals surface area (Å²) in [7, 11) is 0. The van der Waals surface area contributed by atoms with Gasteiger partial charge in [0.05, 0.1) is 6.20 Å². The summed E-state index contributed by atoms with van der Waals surface area (Å²) in [5.74, 6) is 0. The highest BCUT2D eigenvalue weighted by atomic mass is 35.5. The summed E-state index contributed by atoms with van der Waals surface area (Å²) >= 11 is 11.3. The van der Waals surface area contributed by atoms with Crippen LogP contribution in [-0.2, 0) is 6.54 Å². The first-order valence-electron chi connectivity index (χ1n) is 6.84. The molecule has 0 aliphatic rings. The van der Waals surface area contributed by atoms with E-state index in [1.165, 1.54) is 5.56 Å². The lowest BCUT2D eigenvalue weighted by Crippen LogP contribution is -2.29. The van der Waals surface area contributed by atoms with Crippen molar-refractivity contribution in [3.8, 4) is 0 Å². The van der Waals surface area contributed by atoms with Gasteiger partial charge in [0.15, 0.2) is 5.11 Å². The van der Waals surface area contributed by atoms with E-state index in [1.54, 1.807) is 0 Å². The normalized spacial score (nSPS) is 10.4. The summed E-state index contributed by atoms with van der Waals surface area (Å²) in [5.41, 5.74) is 3.12. The molecule has 1 aromatic heterocycles. The van der Waals surface area contributed by atoms with E-state index in [2.05, 4.69) is 15.7 Å². The van der Waals surface area contributed by atoms with Gasteiger partial charge in [-0.15, -0.1) is 0 Å². The number of halogens is 1. The Morgan fingerprint density at radius 3 is 2.86 bits per heavy atom. The number of aryl methyl sites for hydroxylation is 3. The third kappa shape index (κ3) is 5.02. The molecule has 0 aliphatic heterocycles. The third-order valence-corrected chi connectivity index (χ3v) is 3.70. The molecule has 21 heavy (non-hydrogen) atoms. The number of nitrogens with one attached hydrogen (secondary N) is 2. The van der Waals surface area contributed by atoms with Gasteiger partial charge in [-0.05, 0) is 55.7 Å². The number of benzene rings is 1. The number of anilines is 1. The summed E-state index contributed by atoms with van der Waals surface area (Å²) in [6, 6.07) is 5.80. The van der Waals surface area contributed by atoms with E-state index in [9.17, 15) is 0 Å². The van der Waals surface area contributed by atoms with Gasteiger partial charge in [-0.2, -0.15) is 5.10 Å². The Morgan fingerprint density at radius 1 is 1.38 bits per heavy atom. The number of thiocarbonyl (C=S) groups is 1. The molecule has 0 saturated heterocycles. The zero-order valence-corrected chi connectivity index (χ0v) is 13.8. The Balaban J connectivity index is 1.71. The Bertz CT molecular complexity index is 624. The standard InChI is InChI=1S/C15H19ClN4S/c1-11-9-18-20(10-11)7-3-6-17-15(21)19-13-5-4-12(2)14(16)8-13/h4-5,8-10H,3,6-7H2,1-2H3,(H2,17,19,21). The van der Waals surface area contributed by atoms with Crippen LogP contribution < -0.4 is 10.6 Å². The quantitative estimate of drug-likeness (QED) is 0.653. The van der Waals surface area contributed by atoms with Crippen molar-refractivity contribution >= 4 is 34.6 Å². The van der Waals surface area contributed by atoms with Gasteiger partial charge in [0.25, 0.3) is 0 Å². The summed E-state index contributed by atoms with van der Waals surface area (Å²) in [6.45, 7) is 5.68. The molecule has 0 fully saturated rings. The van der Waals surface area contributed by atoms with Gasteiger partial charge in [0.1, 0.15) is 0 Å². The summed E-state index contributed by atoms with van der Waals surface area (Å²) in [6.07, 6.45) is 4.85. The van der Waals surface area contributed by atoms with Crippen LogP contribution in [0.2, 0.25) is 5.02 Å². The van der Waals surface area contributed by atoms with Gasteiger partial charge >= 0.3 is 0 Å². The van der Waals surface area contributed by atoms with Gasteiger partial charge in [0, 0.05) is 30.0 Å². The Hall–Kier alpha value is -1.59. The van der Waals surface area contributed by atoms with Crippen LogP contribution in [0.15, 0.2) is 30.6 Å². The second kappa shape index (κ2) is 7.43. The maximum absolute atomic E-state index is 6.08. The van der Waals surface area contributed by atoms with Crippen LogP contribution in [0.25, 0.3) is 0 Å². The zero-order valence-electron chi connectivity index (χ0n) is 12.2. The summed E-state index contributed by atoms with van der Waals surface area (Å²) in [4.78, 5) is 0. The molecule has 2 N–H and O–H groups in total. The lowest BCUT2D eigenvalue weighted by molar-refractivity contribution is 0.573. The Labute approximate surface area is 135 Å². The molecule has 112 valence electrons. The molecular weight excluding hydrogens is 304 g/mol. The molecule has 0 bridgehead atoms. The molecule has 0 aliphatic carbocycles. The molecule has 0 unspecified atom stereocenters. The first kappa shape index (κ1) is 15.8. The van der Waals surface area contributed by atoms with Crippen molar-refractivity contribution in [3.05, 3.63) is 46.7 Å².